The molecule has 0 amide bonds. The lowest BCUT2D eigenvalue weighted by Crippen LogP contribution is -2.32. The van der Waals surface area contributed by atoms with Gasteiger partial charge in [-0.2, -0.15) is 0 Å². The highest BCUT2D eigenvalue weighted by Gasteiger charge is 2.22. The molecule has 0 bridgehead atoms. The van der Waals surface area contributed by atoms with Crippen molar-refractivity contribution in [1.29, 1.82) is 0 Å². The summed E-state index contributed by atoms with van der Waals surface area (Å²) in [6.07, 6.45) is 2.29. The molecule has 0 spiro atoms. The van der Waals surface area contributed by atoms with E-state index in [4.69, 9.17) is 0 Å². The van der Waals surface area contributed by atoms with Crippen LogP contribution in [0.25, 0.3) is 0 Å². The Balaban J connectivity index is 2.29. The minimum absolute atomic E-state index is 0.0830. The Hall–Kier alpha value is -1.45. The molecule has 1 aromatic rings. The molecule has 0 aliphatic carbocycles. The normalized spacial score (nSPS) is 16.2. The van der Waals surface area contributed by atoms with Crippen LogP contribution < -0.4 is 4.90 Å². The number of carbonyl (C=O) groups excluding carboxylic acids is 2. The van der Waals surface area contributed by atoms with Crippen molar-refractivity contribution >= 4 is 33.3 Å². The molecule has 1 fully saturated rings. The standard InChI is InChI=1S/C11H9BrN2O2/c12-11-2-1-8(6-13-11)14-4-3-10(16)5-9(14)7-15/h1-2,6H,3-5H2. The molecule has 1 aromatic heterocycles. The molecule has 16 heavy (non-hydrogen) atoms. The summed E-state index contributed by atoms with van der Waals surface area (Å²) < 4.78 is 0.737. The van der Waals surface area contributed by atoms with Crippen molar-refractivity contribution in [3.63, 3.8) is 0 Å². The topological polar surface area (TPSA) is 50.3 Å². The average Bonchev–Trinajstić information content (AvgIpc) is 2.30. The molecule has 0 aromatic carbocycles. The molecule has 1 aliphatic rings. The summed E-state index contributed by atoms with van der Waals surface area (Å²) in [6, 6.07) is 3.65. The molecular formula is C11H9BrN2O2. The predicted molar refractivity (Wildman–Crippen MR) is 62.7 cm³/mol. The maximum Gasteiger partial charge on any atom is 0.146 e. The molecule has 0 N–H and O–H groups in total. The number of pyridine rings is 1. The van der Waals surface area contributed by atoms with Gasteiger partial charge < -0.3 is 4.90 Å². The zero-order valence-corrected chi connectivity index (χ0v) is 10.0. The molecule has 4 nitrogen and oxygen atoms in total. The quantitative estimate of drug-likeness (QED) is 0.581. The number of piperidine rings is 1. The number of anilines is 1. The third-order valence-electron chi connectivity index (χ3n) is 2.45. The van der Waals surface area contributed by atoms with Gasteiger partial charge >= 0.3 is 0 Å². The second-order valence-electron chi connectivity index (χ2n) is 3.50. The Labute approximate surface area is 101 Å². The highest BCUT2D eigenvalue weighted by molar-refractivity contribution is 9.10. The maximum absolute atomic E-state index is 11.2. The van der Waals surface area contributed by atoms with E-state index in [9.17, 15) is 9.59 Å². The number of allylic oxidation sites excluding steroid dienone is 1. The summed E-state index contributed by atoms with van der Waals surface area (Å²) in [5.74, 6) is 1.91. The van der Waals surface area contributed by atoms with Crippen LogP contribution in [0.15, 0.2) is 28.6 Å². The summed E-state index contributed by atoms with van der Waals surface area (Å²) >= 11 is 3.24. The summed E-state index contributed by atoms with van der Waals surface area (Å²) in [5.41, 5.74) is 1.20. The second-order valence-corrected chi connectivity index (χ2v) is 4.32. The summed E-state index contributed by atoms with van der Waals surface area (Å²) in [7, 11) is 0. The zero-order chi connectivity index (χ0) is 11.5. The zero-order valence-electron chi connectivity index (χ0n) is 8.44. The van der Waals surface area contributed by atoms with E-state index in [-0.39, 0.29) is 12.2 Å². The fourth-order valence-corrected chi connectivity index (χ4v) is 1.88. The number of ketones is 1. The number of aromatic nitrogens is 1. The number of nitrogens with zero attached hydrogens (tertiary/aromatic N) is 2. The Kier molecular flexibility index (Phi) is 3.17. The first-order valence-corrected chi connectivity index (χ1v) is 5.65. The van der Waals surface area contributed by atoms with Crippen molar-refractivity contribution in [3.05, 3.63) is 28.6 Å². The number of halogens is 1. The Bertz CT molecular complexity index is 463. The second kappa shape index (κ2) is 4.60. The lowest BCUT2D eigenvalue weighted by molar-refractivity contribution is -0.118. The van der Waals surface area contributed by atoms with Gasteiger partial charge in [-0.25, -0.2) is 9.78 Å². The Morgan fingerprint density at radius 3 is 2.88 bits per heavy atom. The van der Waals surface area contributed by atoms with E-state index < -0.39 is 0 Å². The minimum Gasteiger partial charge on any atom is -0.334 e. The molecular weight excluding hydrogens is 272 g/mol. The highest BCUT2D eigenvalue weighted by atomic mass is 79.9. The summed E-state index contributed by atoms with van der Waals surface area (Å²) in [4.78, 5) is 27.9. The maximum atomic E-state index is 11.2. The van der Waals surface area contributed by atoms with Crippen LogP contribution in [0.5, 0.6) is 0 Å². The number of hydrogen-bond acceptors (Lipinski definition) is 4. The largest absolute Gasteiger partial charge is 0.334 e. The van der Waals surface area contributed by atoms with Crippen molar-refractivity contribution in [1.82, 2.24) is 4.98 Å². The molecule has 5 heteroatoms. The highest BCUT2D eigenvalue weighted by Crippen LogP contribution is 2.24. The van der Waals surface area contributed by atoms with E-state index >= 15 is 0 Å². The van der Waals surface area contributed by atoms with Gasteiger partial charge in [0.2, 0.25) is 0 Å². The van der Waals surface area contributed by atoms with Crippen molar-refractivity contribution in [2.45, 2.75) is 12.8 Å². The third-order valence-corrected chi connectivity index (χ3v) is 2.92. The van der Waals surface area contributed by atoms with E-state index in [0.717, 1.165) is 10.3 Å². The third kappa shape index (κ3) is 2.21. The average molecular weight is 281 g/mol. The fraction of sp³-hybridized carbons (Fsp3) is 0.273. The van der Waals surface area contributed by atoms with Gasteiger partial charge in [-0.3, -0.25) is 4.79 Å². The molecule has 0 radical (unpaired) electrons. The minimum atomic E-state index is 0.0830. The van der Waals surface area contributed by atoms with Crippen molar-refractivity contribution in [3.8, 4) is 0 Å². The molecule has 2 rings (SSSR count). The van der Waals surface area contributed by atoms with Crippen LogP contribution in [0.4, 0.5) is 5.69 Å². The smallest absolute Gasteiger partial charge is 0.146 e. The Morgan fingerprint density at radius 2 is 2.25 bits per heavy atom. The van der Waals surface area contributed by atoms with Gasteiger partial charge in [0.05, 0.1) is 18.3 Å². The van der Waals surface area contributed by atoms with Crippen LogP contribution in [0.1, 0.15) is 12.8 Å². The molecule has 1 saturated heterocycles. The molecule has 0 atom stereocenters. The SMILES string of the molecule is O=C=C1CC(=O)CCN1c1ccc(Br)nc1. The van der Waals surface area contributed by atoms with E-state index in [0.29, 0.717) is 18.7 Å². The molecule has 0 saturated carbocycles. The van der Waals surface area contributed by atoms with Gasteiger partial charge in [-0.1, -0.05) is 0 Å². The van der Waals surface area contributed by atoms with Crippen molar-refractivity contribution in [2.24, 2.45) is 0 Å². The van der Waals surface area contributed by atoms with Crippen LogP contribution in [0, 0.1) is 0 Å². The molecule has 82 valence electrons. The van der Waals surface area contributed by atoms with E-state index in [1.165, 1.54) is 0 Å². The number of carbonyl (C=O) groups is 1. The number of Topliss-reactive ketones (excluding diaryl/α,β-unsaturated/α-hetero) is 1. The molecule has 0 unspecified atom stereocenters. The first kappa shape index (κ1) is 11.0. The van der Waals surface area contributed by atoms with Gasteiger partial charge in [-0.05, 0) is 28.1 Å². The van der Waals surface area contributed by atoms with Gasteiger partial charge in [0.25, 0.3) is 0 Å². The lowest BCUT2D eigenvalue weighted by Gasteiger charge is -2.28. The molecule has 2 heterocycles. The van der Waals surface area contributed by atoms with E-state index in [2.05, 4.69) is 20.9 Å². The van der Waals surface area contributed by atoms with Crippen LogP contribution in [-0.4, -0.2) is 23.3 Å². The van der Waals surface area contributed by atoms with Gasteiger partial charge in [0, 0.05) is 13.0 Å². The van der Waals surface area contributed by atoms with Gasteiger partial charge in [-0.15, -0.1) is 0 Å². The summed E-state index contributed by atoms with van der Waals surface area (Å²) in [6.45, 7) is 0.521. The first-order valence-electron chi connectivity index (χ1n) is 4.85. The fourth-order valence-electron chi connectivity index (χ4n) is 1.65. The van der Waals surface area contributed by atoms with Crippen LogP contribution in [-0.2, 0) is 9.59 Å². The predicted octanol–water partition coefficient (Wildman–Crippen LogP) is 1.73. The van der Waals surface area contributed by atoms with Crippen LogP contribution in [0.2, 0.25) is 0 Å². The Morgan fingerprint density at radius 1 is 1.44 bits per heavy atom. The summed E-state index contributed by atoms with van der Waals surface area (Å²) in [5, 5.41) is 0. The van der Waals surface area contributed by atoms with Gasteiger partial charge in [0.1, 0.15) is 22.0 Å². The first-order chi connectivity index (χ1) is 7.70. The van der Waals surface area contributed by atoms with E-state index in [1.807, 2.05) is 12.0 Å². The van der Waals surface area contributed by atoms with Crippen molar-refractivity contribution in [2.75, 3.05) is 11.4 Å². The monoisotopic (exact) mass is 280 g/mol. The van der Waals surface area contributed by atoms with Crippen molar-refractivity contribution < 1.29 is 9.59 Å². The van der Waals surface area contributed by atoms with Crippen LogP contribution in [0.3, 0.4) is 0 Å². The van der Waals surface area contributed by atoms with E-state index in [1.54, 1.807) is 17.2 Å². The number of rotatable bonds is 1. The van der Waals surface area contributed by atoms with Gasteiger partial charge in [0.15, 0.2) is 0 Å². The van der Waals surface area contributed by atoms with Crippen LogP contribution >= 0.6 is 15.9 Å². The lowest BCUT2D eigenvalue weighted by atomic mass is 10.1. The number of hydrogen-bond donors (Lipinski definition) is 0. The molecule has 1 aliphatic heterocycles.